The fourth-order valence-electron chi connectivity index (χ4n) is 2.33. The molecule has 0 unspecified atom stereocenters. The molecule has 0 spiro atoms. The first-order valence-corrected chi connectivity index (χ1v) is 8.90. The molecule has 0 fully saturated rings. The normalized spacial score (nSPS) is 11.0. The van der Waals surface area contributed by atoms with Crippen LogP contribution in [0.25, 0.3) is 0 Å². The Balaban J connectivity index is 0.00000392. The van der Waals surface area contributed by atoms with Crippen molar-refractivity contribution in [2.24, 2.45) is 4.99 Å². The summed E-state index contributed by atoms with van der Waals surface area (Å²) in [6.07, 6.45) is 2.30. The van der Waals surface area contributed by atoms with Gasteiger partial charge >= 0.3 is 0 Å². The molecule has 1 aromatic heterocycles. The first-order chi connectivity index (χ1) is 12.9. The van der Waals surface area contributed by atoms with Crippen LogP contribution in [0.5, 0.6) is 0 Å². The number of aliphatic imine (C=N–C) groups is 1. The van der Waals surface area contributed by atoms with E-state index in [1.165, 1.54) is 17.0 Å². The number of benzene rings is 1. The number of furan rings is 1. The summed E-state index contributed by atoms with van der Waals surface area (Å²) < 4.78 is 19.0. The molecule has 2 aromatic rings. The van der Waals surface area contributed by atoms with E-state index in [4.69, 9.17) is 16.0 Å². The molecule has 1 amide bonds. The molecule has 1 aromatic carbocycles. The molecule has 1 heterocycles. The number of amides is 1. The average Bonchev–Trinajstić information content (AvgIpc) is 3.14. The molecule has 9 heteroatoms. The Kier molecular flexibility index (Phi) is 10.3. The second kappa shape index (κ2) is 11.9. The lowest BCUT2D eigenvalue weighted by Gasteiger charge is -2.23. The first kappa shape index (κ1) is 24.2. The molecule has 0 radical (unpaired) electrons. The first-order valence-electron chi connectivity index (χ1n) is 8.52. The molecule has 0 aliphatic rings. The Morgan fingerprint density at radius 1 is 1.29 bits per heavy atom. The van der Waals surface area contributed by atoms with Gasteiger partial charge in [-0.2, -0.15) is 0 Å². The fourth-order valence-corrected chi connectivity index (χ4v) is 2.45. The van der Waals surface area contributed by atoms with Gasteiger partial charge in [0.05, 0.1) is 11.3 Å². The minimum absolute atomic E-state index is 0. The van der Waals surface area contributed by atoms with Crippen LogP contribution < -0.4 is 5.32 Å². The van der Waals surface area contributed by atoms with Crippen molar-refractivity contribution < 1.29 is 13.6 Å². The van der Waals surface area contributed by atoms with Crippen molar-refractivity contribution in [1.82, 2.24) is 15.1 Å². The summed E-state index contributed by atoms with van der Waals surface area (Å²) in [6, 6.07) is 8.41. The zero-order valence-corrected chi connectivity index (χ0v) is 19.2. The number of rotatable bonds is 7. The van der Waals surface area contributed by atoms with E-state index in [9.17, 15) is 9.18 Å². The number of guanidine groups is 1. The zero-order chi connectivity index (χ0) is 19.8. The summed E-state index contributed by atoms with van der Waals surface area (Å²) in [5.74, 6) is 0.835. The molecule has 0 bridgehead atoms. The Bertz CT molecular complexity index is 784. The van der Waals surface area contributed by atoms with E-state index < -0.39 is 5.82 Å². The molecule has 2 rings (SSSR count). The van der Waals surface area contributed by atoms with Crippen LogP contribution in [0.15, 0.2) is 46.0 Å². The number of nitrogens with zero attached hydrogens (tertiary/aromatic N) is 3. The van der Waals surface area contributed by atoms with Gasteiger partial charge in [-0.05, 0) is 29.8 Å². The molecule has 28 heavy (non-hydrogen) atoms. The maximum Gasteiger partial charge on any atom is 0.243 e. The van der Waals surface area contributed by atoms with Crippen LogP contribution >= 0.6 is 35.6 Å². The molecule has 0 aliphatic carbocycles. The molecule has 0 saturated heterocycles. The highest BCUT2D eigenvalue weighted by Gasteiger charge is 2.11. The van der Waals surface area contributed by atoms with Gasteiger partial charge in [-0.25, -0.2) is 9.38 Å². The maximum absolute atomic E-state index is 13.7. The number of carbonyl (C=O) groups is 1. The van der Waals surface area contributed by atoms with Crippen LogP contribution in [0, 0.1) is 5.82 Å². The Morgan fingerprint density at radius 2 is 2.04 bits per heavy atom. The Morgan fingerprint density at radius 3 is 2.64 bits per heavy atom. The standard InChI is InChI=1S/C19H24ClFN4O2.HI/c1-24(2)18(26)12-23-19(22-9-8-15-5-4-10-27-15)25(3)13-14-6-7-16(20)17(21)11-14;/h4-7,10-11H,8-9,12-13H2,1-3H3,(H,22,23);1H. The summed E-state index contributed by atoms with van der Waals surface area (Å²) in [7, 11) is 5.19. The van der Waals surface area contributed by atoms with Crippen molar-refractivity contribution in [2.45, 2.75) is 13.0 Å². The van der Waals surface area contributed by atoms with Crippen LogP contribution in [0.2, 0.25) is 5.02 Å². The van der Waals surface area contributed by atoms with Gasteiger partial charge in [-0.15, -0.1) is 24.0 Å². The third-order valence-electron chi connectivity index (χ3n) is 3.86. The lowest BCUT2D eigenvalue weighted by Crippen LogP contribution is -2.40. The van der Waals surface area contributed by atoms with E-state index in [0.717, 1.165) is 11.3 Å². The van der Waals surface area contributed by atoms with E-state index in [1.54, 1.807) is 26.4 Å². The lowest BCUT2D eigenvalue weighted by molar-refractivity contribution is -0.127. The van der Waals surface area contributed by atoms with E-state index >= 15 is 0 Å². The van der Waals surface area contributed by atoms with E-state index in [-0.39, 0.29) is 41.5 Å². The highest BCUT2D eigenvalue weighted by Crippen LogP contribution is 2.16. The van der Waals surface area contributed by atoms with Crippen molar-refractivity contribution >= 4 is 47.4 Å². The molecule has 6 nitrogen and oxygen atoms in total. The predicted molar refractivity (Wildman–Crippen MR) is 120 cm³/mol. The second-order valence-electron chi connectivity index (χ2n) is 6.29. The fraction of sp³-hybridized carbons (Fsp3) is 0.368. The van der Waals surface area contributed by atoms with Crippen molar-refractivity contribution in [3.63, 3.8) is 0 Å². The topological polar surface area (TPSA) is 61.1 Å². The smallest absolute Gasteiger partial charge is 0.243 e. The second-order valence-corrected chi connectivity index (χ2v) is 6.70. The summed E-state index contributed by atoms with van der Waals surface area (Å²) in [5, 5.41) is 3.31. The van der Waals surface area contributed by atoms with Crippen LogP contribution in [0.1, 0.15) is 11.3 Å². The number of carbonyl (C=O) groups excluding carboxylic acids is 1. The van der Waals surface area contributed by atoms with Gasteiger partial charge in [0.25, 0.3) is 0 Å². The van der Waals surface area contributed by atoms with Crippen molar-refractivity contribution in [3.8, 4) is 0 Å². The van der Waals surface area contributed by atoms with Crippen LogP contribution in [-0.2, 0) is 17.8 Å². The molecular formula is C19H25ClFIN4O2. The quantitative estimate of drug-likeness (QED) is 0.344. The largest absolute Gasteiger partial charge is 0.469 e. The summed E-state index contributed by atoms with van der Waals surface area (Å²) in [5.41, 5.74) is 0.749. The van der Waals surface area contributed by atoms with Gasteiger partial charge in [0.2, 0.25) is 5.91 Å². The van der Waals surface area contributed by atoms with Crippen LogP contribution in [-0.4, -0.2) is 55.9 Å². The highest BCUT2D eigenvalue weighted by atomic mass is 127. The zero-order valence-electron chi connectivity index (χ0n) is 16.1. The minimum Gasteiger partial charge on any atom is -0.469 e. The predicted octanol–water partition coefficient (Wildman–Crippen LogP) is 3.40. The summed E-state index contributed by atoms with van der Waals surface area (Å²) >= 11 is 5.74. The summed E-state index contributed by atoms with van der Waals surface area (Å²) in [4.78, 5) is 19.6. The molecule has 0 aliphatic heterocycles. The molecular weight excluding hydrogens is 498 g/mol. The van der Waals surface area contributed by atoms with E-state index in [0.29, 0.717) is 25.5 Å². The monoisotopic (exact) mass is 522 g/mol. The van der Waals surface area contributed by atoms with Crippen LogP contribution in [0.4, 0.5) is 4.39 Å². The van der Waals surface area contributed by atoms with Gasteiger partial charge in [0.1, 0.15) is 18.1 Å². The van der Waals surface area contributed by atoms with E-state index in [1.807, 2.05) is 24.1 Å². The third kappa shape index (κ3) is 7.67. The van der Waals surface area contributed by atoms with Gasteiger partial charge in [0.15, 0.2) is 5.96 Å². The van der Waals surface area contributed by atoms with Gasteiger partial charge in [-0.1, -0.05) is 17.7 Å². The highest BCUT2D eigenvalue weighted by molar-refractivity contribution is 14.0. The number of nitrogens with one attached hydrogen (secondary N) is 1. The Labute approximate surface area is 186 Å². The van der Waals surface area contributed by atoms with Crippen LogP contribution in [0.3, 0.4) is 0 Å². The number of hydrogen-bond acceptors (Lipinski definition) is 3. The molecule has 154 valence electrons. The van der Waals surface area contributed by atoms with E-state index in [2.05, 4.69) is 10.3 Å². The summed E-state index contributed by atoms with van der Waals surface area (Å²) in [6.45, 7) is 1.02. The van der Waals surface area contributed by atoms with Gasteiger partial charge < -0.3 is 19.5 Å². The SMILES string of the molecule is CN(C)C(=O)CN=C(NCCc1ccco1)N(C)Cc1ccc(Cl)c(F)c1.I. The third-order valence-corrected chi connectivity index (χ3v) is 4.17. The number of halogens is 3. The minimum atomic E-state index is -0.463. The van der Waals surface area contributed by atoms with Crippen molar-refractivity contribution in [2.75, 3.05) is 34.2 Å². The molecule has 0 saturated carbocycles. The molecule has 1 N–H and O–H groups in total. The van der Waals surface area contributed by atoms with Crippen molar-refractivity contribution in [3.05, 3.63) is 58.8 Å². The number of hydrogen-bond donors (Lipinski definition) is 1. The Hall–Kier alpha value is -1.81. The average molecular weight is 523 g/mol. The molecule has 0 atom stereocenters. The van der Waals surface area contributed by atoms with Gasteiger partial charge in [-0.3, -0.25) is 4.79 Å². The lowest BCUT2D eigenvalue weighted by atomic mass is 10.2. The van der Waals surface area contributed by atoms with Gasteiger partial charge in [0, 0.05) is 40.7 Å². The number of likely N-dealkylation sites (N-methyl/N-ethyl adjacent to an activating group) is 1. The van der Waals surface area contributed by atoms with Crippen molar-refractivity contribution in [1.29, 1.82) is 0 Å². The maximum atomic E-state index is 13.7.